The third-order valence-corrected chi connectivity index (χ3v) is 4.70. The number of likely N-dealkylation sites (tertiary alicyclic amines) is 1. The quantitative estimate of drug-likeness (QED) is 0.859. The lowest BCUT2D eigenvalue weighted by atomic mass is 9.89. The molecule has 25 heavy (non-hydrogen) atoms. The number of amides is 1. The predicted octanol–water partition coefficient (Wildman–Crippen LogP) is 3.11. The van der Waals surface area contributed by atoms with Gasteiger partial charge in [-0.2, -0.15) is 0 Å². The number of rotatable bonds is 4. The van der Waals surface area contributed by atoms with E-state index in [2.05, 4.69) is 36.2 Å². The van der Waals surface area contributed by atoms with Gasteiger partial charge in [-0.3, -0.25) is 4.79 Å². The summed E-state index contributed by atoms with van der Waals surface area (Å²) in [5.74, 6) is 1.05. The Bertz CT molecular complexity index is 760. The minimum atomic E-state index is 0.0510. The van der Waals surface area contributed by atoms with Crippen LogP contribution in [0.4, 0.5) is 0 Å². The second-order valence-electron chi connectivity index (χ2n) is 6.70. The molecule has 5 heteroatoms. The number of aromatic nitrogens is 2. The van der Waals surface area contributed by atoms with Crippen molar-refractivity contribution in [3.63, 3.8) is 0 Å². The summed E-state index contributed by atoms with van der Waals surface area (Å²) in [6.07, 6.45) is 3.94. The van der Waals surface area contributed by atoms with Crippen molar-refractivity contribution in [3.05, 3.63) is 47.5 Å². The van der Waals surface area contributed by atoms with E-state index in [-0.39, 0.29) is 18.4 Å². The van der Waals surface area contributed by atoms with Crippen molar-refractivity contribution in [2.75, 3.05) is 26.8 Å². The summed E-state index contributed by atoms with van der Waals surface area (Å²) in [6.45, 7) is 5.63. The monoisotopic (exact) mass is 339 g/mol. The van der Waals surface area contributed by atoms with Gasteiger partial charge in [0.15, 0.2) is 0 Å². The molecule has 1 aliphatic rings. The van der Waals surface area contributed by atoms with Gasteiger partial charge >= 0.3 is 0 Å². The van der Waals surface area contributed by atoms with Crippen molar-refractivity contribution in [3.8, 4) is 11.1 Å². The summed E-state index contributed by atoms with van der Waals surface area (Å²) < 4.78 is 5.01. The average Bonchev–Trinajstić information content (AvgIpc) is 2.62. The van der Waals surface area contributed by atoms with Crippen LogP contribution in [0, 0.1) is 13.8 Å². The number of aryl methyl sites for hydroxylation is 2. The average molecular weight is 339 g/mol. The Balaban J connectivity index is 1.93. The normalized spacial score (nSPS) is 17.6. The molecule has 1 aliphatic heterocycles. The fourth-order valence-electron chi connectivity index (χ4n) is 3.48. The van der Waals surface area contributed by atoms with Gasteiger partial charge in [0, 0.05) is 37.9 Å². The van der Waals surface area contributed by atoms with Crippen LogP contribution in [-0.2, 0) is 9.53 Å². The molecule has 0 aliphatic carbocycles. The molecule has 0 N–H and O–H groups in total. The fraction of sp³-hybridized carbons (Fsp3) is 0.450. The van der Waals surface area contributed by atoms with Gasteiger partial charge < -0.3 is 9.64 Å². The molecule has 1 atom stereocenters. The first-order valence-electron chi connectivity index (χ1n) is 8.75. The van der Waals surface area contributed by atoms with Crippen molar-refractivity contribution < 1.29 is 9.53 Å². The van der Waals surface area contributed by atoms with E-state index in [1.807, 2.05) is 18.0 Å². The van der Waals surface area contributed by atoms with E-state index in [0.717, 1.165) is 42.0 Å². The molecular formula is C20H25N3O2. The number of hydrogen-bond donors (Lipinski definition) is 0. The number of benzene rings is 1. The SMILES string of the molecule is COCC(=O)N1CCC[C@@H](c2nc(C)ncc2-c2cccc(C)c2)C1. The van der Waals surface area contributed by atoms with Gasteiger partial charge in [0.05, 0.1) is 5.69 Å². The maximum Gasteiger partial charge on any atom is 0.248 e. The second-order valence-corrected chi connectivity index (χ2v) is 6.70. The molecule has 3 rings (SSSR count). The third-order valence-electron chi connectivity index (χ3n) is 4.70. The van der Waals surface area contributed by atoms with E-state index in [0.29, 0.717) is 6.54 Å². The molecule has 2 heterocycles. The molecule has 0 saturated carbocycles. The topological polar surface area (TPSA) is 55.3 Å². The minimum absolute atomic E-state index is 0.0510. The van der Waals surface area contributed by atoms with Crippen LogP contribution in [0.25, 0.3) is 11.1 Å². The number of ether oxygens (including phenoxy) is 1. The maximum atomic E-state index is 12.2. The Kier molecular flexibility index (Phi) is 5.43. The summed E-state index contributed by atoms with van der Waals surface area (Å²) >= 11 is 0. The molecule has 1 amide bonds. The molecule has 2 aromatic rings. The first kappa shape index (κ1) is 17.5. The fourth-order valence-corrected chi connectivity index (χ4v) is 3.48. The molecule has 1 aromatic carbocycles. The molecule has 0 unspecified atom stereocenters. The maximum absolute atomic E-state index is 12.2. The van der Waals surface area contributed by atoms with E-state index >= 15 is 0 Å². The van der Waals surface area contributed by atoms with Gasteiger partial charge in [0.1, 0.15) is 12.4 Å². The number of methoxy groups -OCH3 is 1. The van der Waals surface area contributed by atoms with Crippen LogP contribution in [0.15, 0.2) is 30.5 Å². The highest BCUT2D eigenvalue weighted by molar-refractivity contribution is 5.77. The Morgan fingerprint density at radius 2 is 2.20 bits per heavy atom. The zero-order valence-electron chi connectivity index (χ0n) is 15.2. The first-order valence-corrected chi connectivity index (χ1v) is 8.75. The molecule has 0 spiro atoms. The van der Waals surface area contributed by atoms with E-state index in [9.17, 15) is 4.79 Å². The Morgan fingerprint density at radius 3 is 2.96 bits per heavy atom. The molecule has 1 aromatic heterocycles. The van der Waals surface area contributed by atoms with Gasteiger partial charge in [-0.15, -0.1) is 0 Å². The summed E-state index contributed by atoms with van der Waals surface area (Å²) in [5.41, 5.74) is 4.47. The largest absolute Gasteiger partial charge is 0.375 e. The van der Waals surface area contributed by atoms with Gasteiger partial charge in [0.2, 0.25) is 5.91 Å². The lowest BCUT2D eigenvalue weighted by molar-refractivity contribution is -0.136. The number of nitrogens with zero attached hydrogens (tertiary/aromatic N) is 3. The summed E-state index contributed by atoms with van der Waals surface area (Å²) in [4.78, 5) is 23.3. The van der Waals surface area contributed by atoms with Crippen molar-refractivity contribution in [2.24, 2.45) is 0 Å². The van der Waals surface area contributed by atoms with Gasteiger partial charge in [-0.25, -0.2) is 9.97 Å². The van der Waals surface area contributed by atoms with Crippen molar-refractivity contribution in [1.29, 1.82) is 0 Å². The van der Waals surface area contributed by atoms with Gasteiger partial charge in [-0.1, -0.05) is 29.8 Å². The molecule has 0 radical (unpaired) electrons. The molecule has 5 nitrogen and oxygen atoms in total. The van der Waals surface area contributed by atoms with Crippen LogP contribution in [0.2, 0.25) is 0 Å². The smallest absolute Gasteiger partial charge is 0.248 e. The van der Waals surface area contributed by atoms with Crippen LogP contribution >= 0.6 is 0 Å². The lowest BCUT2D eigenvalue weighted by Crippen LogP contribution is -2.41. The predicted molar refractivity (Wildman–Crippen MR) is 97.4 cm³/mol. The van der Waals surface area contributed by atoms with Crippen LogP contribution in [0.5, 0.6) is 0 Å². The number of carbonyl (C=O) groups is 1. The first-order chi connectivity index (χ1) is 12.1. The molecule has 1 saturated heterocycles. The van der Waals surface area contributed by atoms with E-state index in [1.54, 1.807) is 7.11 Å². The second kappa shape index (κ2) is 7.74. The Labute approximate surface area is 149 Å². The lowest BCUT2D eigenvalue weighted by Gasteiger charge is -2.33. The highest BCUT2D eigenvalue weighted by Crippen LogP contribution is 2.33. The van der Waals surface area contributed by atoms with E-state index < -0.39 is 0 Å². The Hall–Kier alpha value is -2.27. The standard InChI is InChI=1S/C20H25N3O2/c1-14-6-4-7-16(10-14)18-11-21-15(2)22-20(18)17-8-5-9-23(12-17)19(24)13-25-3/h4,6-7,10-11,17H,5,8-9,12-13H2,1-3H3/t17-/m1/s1. The van der Waals surface area contributed by atoms with Crippen molar-refractivity contribution in [1.82, 2.24) is 14.9 Å². The zero-order chi connectivity index (χ0) is 17.8. The van der Waals surface area contributed by atoms with Crippen molar-refractivity contribution in [2.45, 2.75) is 32.6 Å². The summed E-state index contributed by atoms with van der Waals surface area (Å²) in [7, 11) is 1.56. The highest BCUT2D eigenvalue weighted by atomic mass is 16.5. The van der Waals surface area contributed by atoms with E-state index in [4.69, 9.17) is 9.72 Å². The van der Waals surface area contributed by atoms with E-state index in [1.165, 1.54) is 5.56 Å². The number of hydrogen-bond acceptors (Lipinski definition) is 4. The van der Waals surface area contributed by atoms with Crippen LogP contribution in [0.3, 0.4) is 0 Å². The summed E-state index contributed by atoms with van der Waals surface area (Å²) in [5, 5.41) is 0. The molecule has 0 bridgehead atoms. The number of piperidine rings is 1. The van der Waals surface area contributed by atoms with Crippen LogP contribution in [-0.4, -0.2) is 47.6 Å². The van der Waals surface area contributed by atoms with Gasteiger partial charge in [0.25, 0.3) is 0 Å². The molecule has 132 valence electrons. The summed E-state index contributed by atoms with van der Waals surface area (Å²) in [6, 6.07) is 8.41. The molecular weight excluding hydrogens is 314 g/mol. The third kappa shape index (κ3) is 4.04. The zero-order valence-corrected chi connectivity index (χ0v) is 15.2. The highest BCUT2D eigenvalue weighted by Gasteiger charge is 2.27. The molecule has 1 fully saturated rings. The minimum Gasteiger partial charge on any atom is -0.375 e. The van der Waals surface area contributed by atoms with Crippen LogP contribution in [0.1, 0.15) is 35.8 Å². The Morgan fingerprint density at radius 1 is 1.36 bits per heavy atom. The van der Waals surface area contributed by atoms with Gasteiger partial charge in [-0.05, 0) is 32.3 Å². The van der Waals surface area contributed by atoms with Crippen LogP contribution < -0.4 is 0 Å². The number of carbonyl (C=O) groups excluding carboxylic acids is 1. The van der Waals surface area contributed by atoms with Crippen molar-refractivity contribution >= 4 is 5.91 Å².